The summed E-state index contributed by atoms with van der Waals surface area (Å²) in [5.41, 5.74) is 0. The highest BCUT2D eigenvalue weighted by molar-refractivity contribution is 6.73. The van der Waals surface area contributed by atoms with E-state index in [1.54, 1.807) is 0 Å². The summed E-state index contributed by atoms with van der Waals surface area (Å²) in [7, 11) is -1.62. The lowest BCUT2D eigenvalue weighted by atomic mass is 9.91. The maximum atomic E-state index is 6.80. The van der Waals surface area contributed by atoms with Crippen molar-refractivity contribution in [2.24, 2.45) is 11.8 Å². The number of hydrogen-bond acceptors (Lipinski definition) is 3. The summed E-state index contributed by atoms with van der Waals surface area (Å²) >= 11 is 0. The first-order valence-corrected chi connectivity index (χ1v) is 11.6. The minimum atomic E-state index is -1.62. The van der Waals surface area contributed by atoms with Crippen molar-refractivity contribution in [3.8, 4) is 0 Å². The quantitative estimate of drug-likeness (QED) is 0.418. The van der Waals surface area contributed by atoms with E-state index in [0.717, 1.165) is 26.1 Å². The van der Waals surface area contributed by atoms with Crippen molar-refractivity contribution < 1.29 is 13.9 Å². The highest BCUT2D eigenvalue weighted by Crippen LogP contribution is 2.31. The van der Waals surface area contributed by atoms with Gasteiger partial charge in [0, 0.05) is 6.42 Å². The van der Waals surface area contributed by atoms with Gasteiger partial charge in [-0.3, -0.25) is 0 Å². The van der Waals surface area contributed by atoms with Crippen molar-refractivity contribution >= 4 is 8.32 Å². The fourth-order valence-electron chi connectivity index (χ4n) is 3.27. The van der Waals surface area contributed by atoms with E-state index in [9.17, 15) is 0 Å². The molecule has 1 aliphatic rings. The Morgan fingerprint density at radius 2 is 1.68 bits per heavy atom. The standard InChI is InChI=1S/C18H36O3Si/c1-7-15(5)18(21-22(8-2,9-3)10-4)16(6)14-17-19-12-11-13-20-17/h7,15-18H,1,8-14H2,2-6H3/t15-,16+,18-/m1/s1. The second-order valence-electron chi connectivity index (χ2n) is 6.66. The zero-order chi connectivity index (χ0) is 16.6. The SMILES string of the molecule is C=C[C@@H](C)[C@@H](O[Si](CC)(CC)CC)[C@@H](C)CC1OCCCO1. The Morgan fingerprint density at radius 3 is 2.14 bits per heavy atom. The van der Waals surface area contributed by atoms with Crippen LogP contribution in [0.25, 0.3) is 0 Å². The molecule has 1 fully saturated rings. The van der Waals surface area contributed by atoms with E-state index >= 15 is 0 Å². The third-order valence-electron chi connectivity index (χ3n) is 5.23. The molecule has 4 heteroatoms. The van der Waals surface area contributed by atoms with Crippen LogP contribution < -0.4 is 0 Å². The van der Waals surface area contributed by atoms with E-state index in [4.69, 9.17) is 13.9 Å². The normalized spacial score (nSPS) is 21.3. The lowest BCUT2D eigenvalue weighted by molar-refractivity contribution is -0.189. The predicted molar refractivity (Wildman–Crippen MR) is 95.5 cm³/mol. The smallest absolute Gasteiger partial charge is 0.192 e. The summed E-state index contributed by atoms with van der Waals surface area (Å²) < 4.78 is 18.3. The molecule has 0 bridgehead atoms. The lowest BCUT2D eigenvalue weighted by Crippen LogP contribution is -2.45. The molecular formula is C18H36O3Si. The fraction of sp³-hybridized carbons (Fsp3) is 0.889. The van der Waals surface area contributed by atoms with Gasteiger partial charge in [0.05, 0.1) is 19.3 Å². The summed E-state index contributed by atoms with van der Waals surface area (Å²) in [6.07, 6.45) is 4.10. The molecule has 0 saturated carbocycles. The molecule has 3 nitrogen and oxygen atoms in total. The van der Waals surface area contributed by atoms with Gasteiger partial charge >= 0.3 is 0 Å². The molecule has 0 unspecified atom stereocenters. The topological polar surface area (TPSA) is 27.7 Å². The van der Waals surface area contributed by atoms with Crippen LogP contribution in [0.15, 0.2) is 12.7 Å². The Bertz CT molecular complexity index is 303. The van der Waals surface area contributed by atoms with Crippen molar-refractivity contribution in [3.63, 3.8) is 0 Å². The molecule has 0 spiro atoms. The van der Waals surface area contributed by atoms with Crippen LogP contribution in [0.5, 0.6) is 0 Å². The van der Waals surface area contributed by atoms with E-state index in [-0.39, 0.29) is 12.4 Å². The van der Waals surface area contributed by atoms with E-state index < -0.39 is 8.32 Å². The summed E-state index contributed by atoms with van der Waals surface area (Å²) in [5, 5.41) is 0. The van der Waals surface area contributed by atoms with Gasteiger partial charge in [-0.15, -0.1) is 6.58 Å². The molecule has 1 rings (SSSR count). The monoisotopic (exact) mass is 328 g/mol. The zero-order valence-corrected chi connectivity index (χ0v) is 16.3. The average molecular weight is 329 g/mol. The van der Waals surface area contributed by atoms with E-state index in [2.05, 4.69) is 41.2 Å². The molecule has 22 heavy (non-hydrogen) atoms. The molecular weight excluding hydrogens is 292 g/mol. The van der Waals surface area contributed by atoms with Crippen molar-refractivity contribution in [1.82, 2.24) is 0 Å². The number of ether oxygens (including phenoxy) is 2. The average Bonchev–Trinajstić information content (AvgIpc) is 2.57. The second kappa shape index (κ2) is 9.86. The first-order valence-electron chi connectivity index (χ1n) is 9.05. The third kappa shape index (κ3) is 5.48. The van der Waals surface area contributed by atoms with Crippen LogP contribution in [-0.2, 0) is 13.9 Å². The van der Waals surface area contributed by atoms with Gasteiger partial charge in [0.15, 0.2) is 14.6 Å². The molecule has 0 radical (unpaired) electrons. The van der Waals surface area contributed by atoms with Gasteiger partial charge in [-0.05, 0) is 36.4 Å². The summed E-state index contributed by atoms with van der Waals surface area (Å²) in [4.78, 5) is 0. The minimum Gasteiger partial charge on any atom is -0.413 e. The van der Waals surface area contributed by atoms with Crippen molar-refractivity contribution in [2.75, 3.05) is 13.2 Å². The van der Waals surface area contributed by atoms with Crippen LogP contribution in [0, 0.1) is 11.8 Å². The summed E-state index contributed by atoms with van der Waals surface area (Å²) in [6.45, 7) is 17.0. The van der Waals surface area contributed by atoms with Gasteiger partial charge in [0.1, 0.15) is 0 Å². The Morgan fingerprint density at radius 1 is 1.14 bits per heavy atom. The van der Waals surface area contributed by atoms with Crippen LogP contribution in [0.3, 0.4) is 0 Å². The Balaban J connectivity index is 2.75. The molecule has 0 N–H and O–H groups in total. The van der Waals surface area contributed by atoms with E-state index in [1.165, 1.54) is 18.1 Å². The van der Waals surface area contributed by atoms with Crippen LogP contribution in [0.4, 0.5) is 0 Å². The molecule has 1 heterocycles. The molecule has 0 amide bonds. The molecule has 0 aromatic rings. The summed E-state index contributed by atoms with van der Waals surface area (Å²) in [6, 6.07) is 3.55. The largest absolute Gasteiger partial charge is 0.413 e. The van der Waals surface area contributed by atoms with Crippen LogP contribution in [0.2, 0.25) is 18.1 Å². The first-order chi connectivity index (χ1) is 10.5. The van der Waals surface area contributed by atoms with E-state index in [1.807, 2.05) is 6.08 Å². The number of hydrogen-bond donors (Lipinski definition) is 0. The van der Waals surface area contributed by atoms with Gasteiger partial charge in [0.25, 0.3) is 0 Å². The van der Waals surface area contributed by atoms with Gasteiger partial charge in [-0.1, -0.05) is 40.7 Å². The zero-order valence-electron chi connectivity index (χ0n) is 15.3. The van der Waals surface area contributed by atoms with Crippen molar-refractivity contribution in [3.05, 3.63) is 12.7 Å². The van der Waals surface area contributed by atoms with Gasteiger partial charge in [0.2, 0.25) is 0 Å². The molecule has 1 saturated heterocycles. The summed E-state index contributed by atoms with van der Waals surface area (Å²) in [5.74, 6) is 0.766. The fourth-order valence-corrected chi connectivity index (χ4v) is 6.30. The lowest BCUT2D eigenvalue weighted by Gasteiger charge is -2.39. The molecule has 130 valence electrons. The number of rotatable bonds is 10. The molecule has 0 aromatic heterocycles. The molecule has 0 aliphatic carbocycles. The van der Waals surface area contributed by atoms with Crippen molar-refractivity contribution in [1.29, 1.82) is 0 Å². The van der Waals surface area contributed by atoms with Crippen LogP contribution >= 0.6 is 0 Å². The highest BCUT2D eigenvalue weighted by Gasteiger charge is 2.36. The Labute approximate surface area is 138 Å². The van der Waals surface area contributed by atoms with Gasteiger partial charge in [-0.2, -0.15) is 0 Å². The van der Waals surface area contributed by atoms with Gasteiger partial charge < -0.3 is 13.9 Å². The first kappa shape index (κ1) is 19.9. The predicted octanol–water partition coefficient (Wildman–Crippen LogP) is 4.99. The maximum Gasteiger partial charge on any atom is 0.192 e. The molecule has 1 aliphatic heterocycles. The maximum absolute atomic E-state index is 6.80. The minimum absolute atomic E-state index is 0.0622. The Kier molecular flexibility index (Phi) is 8.91. The van der Waals surface area contributed by atoms with E-state index in [0.29, 0.717) is 11.8 Å². The van der Waals surface area contributed by atoms with Crippen LogP contribution in [0.1, 0.15) is 47.5 Å². The molecule has 3 atom stereocenters. The van der Waals surface area contributed by atoms with Crippen molar-refractivity contribution in [2.45, 2.75) is 78.0 Å². The Hall–Kier alpha value is -0.163. The third-order valence-corrected chi connectivity index (χ3v) is 9.87. The molecule has 0 aromatic carbocycles. The van der Waals surface area contributed by atoms with Gasteiger partial charge in [-0.25, -0.2) is 0 Å². The highest BCUT2D eigenvalue weighted by atomic mass is 28.4. The second-order valence-corrected chi connectivity index (χ2v) is 11.4. The van der Waals surface area contributed by atoms with Crippen LogP contribution in [-0.4, -0.2) is 33.9 Å².